The number of ether oxygens (including phenoxy) is 2. The molecule has 192 valence electrons. The fourth-order valence-electron chi connectivity index (χ4n) is 3.88. The highest BCUT2D eigenvalue weighted by molar-refractivity contribution is 6.05. The van der Waals surface area contributed by atoms with Crippen molar-refractivity contribution in [2.75, 3.05) is 32.1 Å². The molecular formula is C27H34N4O5. The van der Waals surface area contributed by atoms with Gasteiger partial charge in [0.1, 0.15) is 6.54 Å². The van der Waals surface area contributed by atoms with Crippen LogP contribution in [0.15, 0.2) is 48.7 Å². The molecule has 0 saturated carbocycles. The minimum Gasteiger partial charge on any atom is -0.493 e. The zero-order chi connectivity index (χ0) is 26.2. The second kappa shape index (κ2) is 12.1. The van der Waals surface area contributed by atoms with Crippen LogP contribution in [0.3, 0.4) is 0 Å². The maximum Gasteiger partial charge on any atom is 0.258 e. The van der Waals surface area contributed by atoms with Crippen LogP contribution in [-0.4, -0.2) is 60.0 Å². The van der Waals surface area contributed by atoms with Crippen LogP contribution in [0.4, 0.5) is 5.69 Å². The predicted octanol–water partition coefficient (Wildman–Crippen LogP) is 3.67. The van der Waals surface area contributed by atoms with Crippen molar-refractivity contribution in [3.05, 3.63) is 54.2 Å². The summed E-state index contributed by atoms with van der Waals surface area (Å²) in [4.78, 5) is 39.0. The Kier molecular flexibility index (Phi) is 8.94. The van der Waals surface area contributed by atoms with E-state index in [1.807, 2.05) is 56.7 Å². The number of benzene rings is 2. The first-order chi connectivity index (χ1) is 17.2. The maximum absolute atomic E-state index is 12.9. The van der Waals surface area contributed by atoms with Crippen LogP contribution in [0.1, 0.15) is 38.1 Å². The topological polar surface area (TPSA) is 102 Å². The summed E-state index contributed by atoms with van der Waals surface area (Å²) in [5.41, 5.74) is 1.93. The first-order valence-electron chi connectivity index (χ1n) is 12.0. The largest absolute Gasteiger partial charge is 0.493 e. The van der Waals surface area contributed by atoms with Crippen molar-refractivity contribution >= 4 is 34.3 Å². The molecule has 0 fully saturated rings. The van der Waals surface area contributed by atoms with Crippen molar-refractivity contribution in [2.24, 2.45) is 0 Å². The van der Waals surface area contributed by atoms with Crippen molar-refractivity contribution in [1.29, 1.82) is 0 Å². The standard InChI is InChI=1S/C27H34N4O5/c1-6-30(7-2)26(33)16-31-13-12-19-14-21(9-10-22(19)31)29-27(34)20-8-11-23(24(15-20)35-5)36-17-25(32)28-18(3)4/h8-15,18H,6-7,16-17H2,1-5H3,(H,28,32)(H,29,34). The number of hydrogen-bond acceptors (Lipinski definition) is 5. The summed E-state index contributed by atoms with van der Waals surface area (Å²) in [6, 6.07) is 12.3. The zero-order valence-electron chi connectivity index (χ0n) is 21.5. The van der Waals surface area contributed by atoms with Crippen molar-refractivity contribution < 1.29 is 23.9 Å². The summed E-state index contributed by atoms with van der Waals surface area (Å²) in [5, 5.41) is 6.57. The van der Waals surface area contributed by atoms with Gasteiger partial charge in [0.05, 0.1) is 7.11 Å². The number of likely N-dealkylation sites (N-methyl/N-ethyl adjacent to an activating group) is 1. The van der Waals surface area contributed by atoms with Gasteiger partial charge in [-0.3, -0.25) is 14.4 Å². The van der Waals surface area contributed by atoms with Gasteiger partial charge in [0.25, 0.3) is 11.8 Å². The van der Waals surface area contributed by atoms with Crippen molar-refractivity contribution in [3.63, 3.8) is 0 Å². The van der Waals surface area contributed by atoms with E-state index in [1.54, 1.807) is 29.2 Å². The maximum atomic E-state index is 12.9. The van der Waals surface area contributed by atoms with Gasteiger partial charge in [-0.05, 0) is 70.2 Å². The van der Waals surface area contributed by atoms with Crippen LogP contribution in [0.5, 0.6) is 11.5 Å². The number of carbonyl (C=O) groups is 3. The Labute approximate surface area is 211 Å². The lowest BCUT2D eigenvalue weighted by molar-refractivity contribution is -0.131. The van der Waals surface area contributed by atoms with E-state index in [0.29, 0.717) is 35.8 Å². The first kappa shape index (κ1) is 26.6. The first-order valence-corrected chi connectivity index (χ1v) is 12.0. The summed E-state index contributed by atoms with van der Waals surface area (Å²) in [6.07, 6.45) is 1.88. The van der Waals surface area contributed by atoms with Crippen LogP contribution in [-0.2, 0) is 16.1 Å². The second-order valence-electron chi connectivity index (χ2n) is 8.61. The number of nitrogens with one attached hydrogen (secondary N) is 2. The molecule has 0 radical (unpaired) electrons. The van der Waals surface area contributed by atoms with Crippen LogP contribution in [0.25, 0.3) is 10.9 Å². The molecule has 2 N–H and O–H groups in total. The third kappa shape index (κ3) is 6.56. The molecule has 9 nitrogen and oxygen atoms in total. The Balaban J connectivity index is 1.69. The molecule has 9 heteroatoms. The normalized spacial score (nSPS) is 10.8. The monoisotopic (exact) mass is 494 g/mol. The molecule has 0 spiro atoms. The minimum atomic E-state index is -0.312. The Morgan fingerprint density at radius 1 is 1.00 bits per heavy atom. The molecule has 1 heterocycles. The number of fused-ring (bicyclic) bond motifs is 1. The Morgan fingerprint density at radius 3 is 2.42 bits per heavy atom. The van der Waals surface area contributed by atoms with E-state index in [2.05, 4.69) is 10.6 Å². The lowest BCUT2D eigenvalue weighted by Crippen LogP contribution is -2.34. The number of rotatable bonds is 11. The van der Waals surface area contributed by atoms with Gasteiger partial charge in [-0.1, -0.05) is 0 Å². The second-order valence-corrected chi connectivity index (χ2v) is 8.61. The van der Waals surface area contributed by atoms with Gasteiger partial charge in [-0.2, -0.15) is 0 Å². The highest BCUT2D eigenvalue weighted by Gasteiger charge is 2.15. The van der Waals surface area contributed by atoms with E-state index < -0.39 is 0 Å². The molecular weight excluding hydrogens is 460 g/mol. The number of hydrogen-bond donors (Lipinski definition) is 2. The van der Waals surface area contributed by atoms with Crippen LogP contribution in [0.2, 0.25) is 0 Å². The lowest BCUT2D eigenvalue weighted by Gasteiger charge is -2.19. The van der Waals surface area contributed by atoms with Gasteiger partial charge in [0.15, 0.2) is 18.1 Å². The zero-order valence-corrected chi connectivity index (χ0v) is 21.5. The smallest absolute Gasteiger partial charge is 0.258 e. The highest BCUT2D eigenvalue weighted by atomic mass is 16.5. The molecule has 0 saturated heterocycles. The van der Waals surface area contributed by atoms with E-state index in [9.17, 15) is 14.4 Å². The number of amides is 3. The molecule has 2 aromatic carbocycles. The fraction of sp³-hybridized carbons (Fsp3) is 0.370. The van der Waals surface area contributed by atoms with Crippen LogP contribution >= 0.6 is 0 Å². The average Bonchev–Trinajstić information content (AvgIpc) is 3.24. The number of anilines is 1. The van der Waals surface area contributed by atoms with Crippen LogP contribution < -0.4 is 20.1 Å². The molecule has 0 aliphatic heterocycles. The van der Waals surface area contributed by atoms with Crippen molar-refractivity contribution in [1.82, 2.24) is 14.8 Å². The molecule has 3 amide bonds. The van der Waals surface area contributed by atoms with E-state index >= 15 is 0 Å². The summed E-state index contributed by atoms with van der Waals surface area (Å²) < 4.78 is 12.8. The molecule has 36 heavy (non-hydrogen) atoms. The van der Waals surface area contributed by atoms with E-state index in [4.69, 9.17) is 9.47 Å². The molecule has 0 aliphatic carbocycles. The predicted molar refractivity (Wildman–Crippen MR) is 140 cm³/mol. The molecule has 3 rings (SSSR count). The van der Waals surface area contributed by atoms with Gasteiger partial charge in [-0.15, -0.1) is 0 Å². The molecule has 1 aromatic heterocycles. The third-order valence-corrected chi connectivity index (χ3v) is 5.68. The van der Waals surface area contributed by atoms with E-state index in [1.165, 1.54) is 7.11 Å². The molecule has 0 unspecified atom stereocenters. The minimum absolute atomic E-state index is 0.0156. The van der Waals surface area contributed by atoms with Gasteiger partial charge >= 0.3 is 0 Å². The summed E-state index contributed by atoms with van der Waals surface area (Å²) in [7, 11) is 1.47. The van der Waals surface area contributed by atoms with Gasteiger partial charge in [-0.25, -0.2) is 0 Å². The van der Waals surface area contributed by atoms with E-state index in [-0.39, 0.29) is 36.9 Å². The van der Waals surface area contributed by atoms with Crippen LogP contribution in [0, 0.1) is 0 Å². The van der Waals surface area contributed by atoms with Gasteiger partial charge in [0.2, 0.25) is 5.91 Å². The Morgan fingerprint density at radius 2 is 1.75 bits per heavy atom. The summed E-state index contributed by atoms with van der Waals surface area (Å²) >= 11 is 0. The summed E-state index contributed by atoms with van der Waals surface area (Å²) in [6.45, 7) is 9.14. The third-order valence-electron chi connectivity index (χ3n) is 5.68. The Bertz CT molecular complexity index is 1230. The molecule has 3 aromatic rings. The Hall–Kier alpha value is -4.01. The quantitative estimate of drug-likeness (QED) is 0.424. The molecule has 0 bridgehead atoms. The average molecular weight is 495 g/mol. The van der Waals surface area contributed by atoms with Gasteiger partial charge < -0.3 is 29.6 Å². The number of methoxy groups -OCH3 is 1. The number of nitrogens with zero attached hydrogens (tertiary/aromatic N) is 2. The highest BCUT2D eigenvalue weighted by Crippen LogP contribution is 2.29. The van der Waals surface area contributed by atoms with Gasteiger partial charge in [0, 0.05) is 47.5 Å². The molecule has 0 aliphatic rings. The lowest BCUT2D eigenvalue weighted by atomic mass is 10.1. The SMILES string of the molecule is CCN(CC)C(=O)Cn1ccc2cc(NC(=O)c3ccc(OCC(=O)NC(C)C)c(OC)c3)ccc21. The fourth-order valence-corrected chi connectivity index (χ4v) is 3.88. The summed E-state index contributed by atoms with van der Waals surface area (Å²) in [5.74, 6) is 0.237. The van der Waals surface area contributed by atoms with E-state index in [0.717, 1.165) is 10.9 Å². The van der Waals surface area contributed by atoms with Crippen molar-refractivity contribution in [3.8, 4) is 11.5 Å². The molecule has 0 atom stereocenters. The van der Waals surface area contributed by atoms with Crippen molar-refractivity contribution in [2.45, 2.75) is 40.3 Å². The number of aromatic nitrogens is 1. The number of carbonyl (C=O) groups excluding carboxylic acids is 3.